The normalized spacial score (nSPS) is 10.6. The summed E-state index contributed by atoms with van der Waals surface area (Å²) in [6.45, 7) is 5.23. The number of likely N-dealkylation sites (N-methyl/N-ethyl adjacent to an activating group) is 1. The minimum atomic E-state index is -0.230. The highest BCUT2D eigenvalue weighted by Crippen LogP contribution is 2.30. The first-order chi connectivity index (χ1) is 13.4. The van der Waals surface area contributed by atoms with Crippen molar-refractivity contribution in [2.24, 2.45) is 0 Å². The maximum Gasteiger partial charge on any atom is 0.256 e. The molecule has 0 aliphatic rings. The van der Waals surface area contributed by atoms with Gasteiger partial charge in [0.15, 0.2) is 0 Å². The van der Waals surface area contributed by atoms with Crippen LogP contribution in [0.2, 0.25) is 0 Å². The SMILES string of the molecule is COCCCNC(=O)CN(C)C(=O)c1cccnc1Sc1ccc(C)c(C)c1. The third-order valence-electron chi connectivity index (χ3n) is 4.27. The van der Waals surface area contributed by atoms with Gasteiger partial charge in [0.1, 0.15) is 5.03 Å². The number of hydrogen-bond acceptors (Lipinski definition) is 5. The summed E-state index contributed by atoms with van der Waals surface area (Å²) in [4.78, 5) is 31.7. The van der Waals surface area contributed by atoms with E-state index in [1.54, 1.807) is 32.5 Å². The number of ether oxygens (including phenoxy) is 1. The Morgan fingerprint density at radius 3 is 2.71 bits per heavy atom. The highest BCUT2D eigenvalue weighted by molar-refractivity contribution is 7.99. The smallest absolute Gasteiger partial charge is 0.256 e. The van der Waals surface area contributed by atoms with Crippen LogP contribution >= 0.6 is 11.8 Å². The van der Waals surface area contributed by atoms with Gasteiger partial charge < -0.3 is 15.0 Å². The number of pyridine rings is 1. The van der Waals surface area contributed by atoms with E-state index in [0.717, 1.165) is 11.3 Å². The van der Waals surface area contributed by atoms with Gasteiger partial charge in [0, 0.05) is 38.4 Å². The molecule has 2 amide bonds. The Hall–Kier alpha value is -2.38. The summed E-state index contributed by atoms with van der Waals surface area (Å²) in [7, 11) is 3.24. The summed E-state index contributed by atoms with van der Waals surface area (Å²) >= 11 is 1.45. The summed E-state index contributed by atoms with van der Waals surface area (Å²) < 4.78 is 4.95. The number of carbonyl (C=O) groups excluding carboxylic acids is 2. The van der Waals surface area contributed by atoms with Crippen LogP contribution in [-0.2, 0) is 9.53 Å². The second kappa shape index (κ2) is 10.8. The molecule has 0 aliphatic heterocycles. The van der Waals surface area contributed by atoms with Gasteiger partial charge in [-0.1, -0.05) is 17.8 Å². The van der Waals surface area contributed by atoms with Crippen LogP contribution in [0.25, 0.3) is 0 Å². The molecule has 0 fully saturated rings. The topological polar surface area (TPSA) is 71.5 Å². The van der Waals surface area contributed by atoms with Gasteiger partial charge in [-0.25, -0.2) is 4.98 Å². The summed E-state index contributed by atoms with van der Waals surface area (Å²) in [5.74, 6) is -0.425. The third kappa shape index (κ3) is 6.35. The summed E-state index contributed by atoms with van der Waals surface area (Å²) in [5, 5.41) is 3.41. The average molecular weight is 402 g/mol. The van der Waals surface area contributed by atoms with E-state index in [1.807, 2.05) is 6.07 Å². The van der Waals surface area contributed by atoms with Gasteiger partial charge in [-0.3, -0.25) is 9.59 Å². The van der Waals surface area contributed by atoms with Gasteiger partial charge >= 0.3 is 0 Å². The van der Waals surface area contributed by atoms with E-state index < -0.39 is 0 Å². The molecule has 1 aromatic heterocycles. The first-order valence-corrected chi connectivity index (χ1v) is 9.95. The zero-order chi connectivity index (χ0) is 20.5. The lowest BCUT2D eigenvalue weighted by atomic mass is 10.1. The monoisotopic (exact) mass is 401 g/mol. The lowest BCUT2D eigenvalue weighted by molar-refractivity contribution is -0.121. The van der Waals surface area contributed by atoms with Crippen LogP contribution in [0.5, 0.6) is 0 Å². The number of carbonyl (C=O) groups is 2. The Balaban J connectivity index is 2.04. The number of rotatable bonds is 9. The molecule has 0 atom stereocenters. The molecule has 0 aliphatic carbocycles. The van der Waals surface area contributed by atoms with E-state index in [2.05, 4.69) is 36.3 Å². The zero-order valence-electron chi connectivity index (χ0n) is 16.8. The fourth-order valence-electron chi connectivity index (χ4n) is 2.52. The summed E-state index contributed by atoms with van der Waals surface area (Å²) in [5.41, 5.74) is 2.90. The lowest BCUT2D eigenvalue weighted by Crippen LogP contribution is -2.39. The second-order valence-corrected chi connectivity index (χ2v) is 7.62. The Bertz CT molecular complexity index is 826. The summed E-state index contributed by atoms with van der Waals surface area (Å²) in [6, 6.07) is 9.64. The Labute approximate surface area is 170 Å². The molecule has 0 saturated carbocycles. The van der Waals surface area contributed by atoms with E-state index >= 15 is 0 Å². The molecule has 1 N–H and O–H groups in total. The fourth-order valence-corrected chi connectivity index (χ4v) is 3.49. The van der Waals surface area contributed by atoms with Crippen molar-refractivity contribution in [1.82, 2.24) is 15.2 Å². The average Bonchev–Trinajstić information content (AvgIpc) is 2.68. The van der Waals surface area contributed by atoms with Crippen LogP contribution in [-0.4, -0.2) is 55.6 Å². The number of amides is 2. The van der Waals surface area contributed by atoms with Gasteiger partial charge in [-0.2, -0.15) is 0 Å². The minimum Gasteiger partial charge on any atom is -0.385 e. The van der Waals surface area contributed by atoms with Gasteiger partial charge in [0.05, 0.1) is 12.1 Å². The molecule has 28 heavy (non-hydrogen) atoms. The first-order valence-electron chi connectivity index (χ1n) is 9.13. The number of nitrogens with one attached hydrogen (secondary N) is 1. The molecule has 0 bridgehead atoms. The number of nitrogens with zero attached hydrogens (tertiary/aromatic N) is 2. The van der Waals surface area contributed by atoms with Crippen LogP contribution in [0, 0.1) is 13.8 Å². The molecule has 2 rings (SSSR count). The highest BCUT2D eigenvalue weighted by atomic mass is 32.2. The van der Waals surface area contributed by atoms with Crippen molar-refractivity contribution in [3.8, 4) is 0 Å². The third-order valence-corrected chi connectivity index (χ3v) is 5.28. The number of aromatic nitrogens is 1. The molecular weight excluding hydrogens is 374 g/mol. The zero-order valence-corrected chi connectivity index (χ0v) is 17.6. The molecular formula is C21H27N3O3S. The van der Waals surface area contributed by atoms with Crippen LogP contribution in [0.15, 0.2) is 46.5 Å². The molecule has 6 nitrogen and oxygen atoms in total. The van der Waals surface area contributed by atoms with Crippen LogP contribution in [0.4, 0.5) is 0 Å². The van der Waals surface area contributed by atoms with Crippen molar-refractivity contribution >= 4 is 23.6 Å². The van der Waals surface area contributed by atoms with Gasteiger partial charge in [0.25, 0.3) is 5.91 Å². The standard InChI is InChI=1S/C21H27N3O3S/c1-15-8-9-17(13-16(15)2)28-20-18(7-5-10-23-20)21(26)24(3)14-19(25)22-11-6-12-27-4/h5,7-10,13H,6,11-12,14H2,1-4H3,(H,22,25). The van der Waals surface area contributed by atoms with E-state index in [4.69, 9.17) is 4.74 Å². The predicted octanol–water partition coefficient (Wildman–Crippen LogP) is 3.07. The van der Waals surface area contributed by atoms with Gasteiger partial charge in [-0.15, -0.1) is 0 Å². The van der Waals surface area contributed by atoms with Gasteiger partial charge in [0.2, 0.25) is 5.91 Å². The highest BCUT2D eigenvalue weighted by Gasteiger charge is 2.19. The maximum absolute atomic E-state index is 12.9. The molecule has 2 aromatic rings. The molecule has 0 spiro atoms. The van der Waals surface area contributed by atoms with Crippen molar-refractivity contribution < 1.29 is 14.3 Å². The predicted molar refractivity (Wildman–Crippen MR) is 111 cm³/mol. The van der Waals surface area contributed by atoms with E-state index in [9.17, 15) is 9.59 Å². The van der Waals surface area contributed by atoms with Crippen molar-refractivity contribution in [3.63, 3.8) is 0 Å². The second-order valence-electron chi connectivity index (χ2n) is 6.56. The Kier molecular flexibility index (Phi) is 8.47. The molecule has 0 radical (unpaired) electrons. The quantitative estimate of drug-likeness (QED) is 0.654. The maximum atomic E-state index is 12.9. The van der Waals surface area contributed by atoms with Crippen molar-refractivity contribution in [2.45, 2.75) is 30.2 Å². The van der Waals surface area contributed by atoms with Crippen molar-refractivity contribution in [1.29, 1.82) is 0 Å². The van der Waals surface area contributed by atoms with Crippen molar-refractivity contribution in [3.05, 3.63) is 53.2 Å². The molecule has 1 heterocycles. The van der Waals surface area contributed by atoms with E-state index in [1.165, 1.54) is 27.8 Å². The van der Waals surface area contributed by atoms with E-state index in [-0.39, 0.29) is 18.4 Å². The van der Waals surface area contributed by atoms with Crippen LogP contribution in [0.1, 0.15) is 27.9 Å². The summed E-state index contributed by atoms with van der Waals surface area (Å²) in [6.07, 6.45) is 2.40. The lowest BCUT2D eigenvalue weighted by Gasteiger charge is -2.18. The molecule has 0 saturated heterocycles. The van der Waals surface area contributed by atoms with Crippen molar-refractivity contribution in [2.75, 3.05) is 33.9 Å². The van der Waals surface area contributed by atoms with Crippen LogP contribution < -0.4 is 5.32 Å². The molecule has 150 valence electrons. The minimum absolute atomic E-state index is 0.00550. The van der Waals surface area contributed by atoms with Gasteiger partial charge in [-0.05, 0) is 55.7 Å². The molecule has 0 unspecified atom stereocenters. The van der Waals surface area contributed by atoms with E-state index in [0.29, 0.717) is 23.7 Å². The number of hydrogen-bond donors (Lipinski definition) is 1. The number of aryl methyl sites for hydroxylation is 2. The first kappa shape index (κ1) is 21.9. The molecule has 1 aromatic carbocycles. The number of benzene rings is 1. The molecule has 7 heteroatoms. The largest absolute Gasteiger partial charge is 0.385 e. The Morgan fingerprint density at radius 1 is 1.21 bits per heavy atom. The number of methoxy groups -OCH3 is 1. The fraction of sp³-hybridized carbons (Fsp3) is 0.381. The van der Waals surface area contributed by atoms with Crippen LogP contribution in [0.3, 0.4) is 0 Å². The Morgan fingerprint density at radius 2 is 2.00 bits per heavy atom.